The maximum atomic E-state index is 12.7. The number of benzene rings is 1. The molecule has 1 N–H and O–H groups in total. The molecule has 0 bridgehead atoms. The van der Waals surface area contributed by atoms with E-state index in [1.807, 2.05) is 0 Å². The van der Waals surface area contributed by atoms with Gasteiger partial charge in [0.15, 0.2) is 0 Å². The molecule has 0 unspecified atom stereocenters. The second kappa shape index (κ2) is 10.8. The molecule has 1 aliphatic carbocycles. The number of rotatable bonds is 7. The molecule has 2 aliphatic rings. The molecule has 182 valence electrons. The zero-order valence-electron chi connectivity index (χ0n) is 19.0. The Labute approximate surface area is 203 Å². The van der Waals surface area contributed by atoms with Gasteiger partial charge in [-0.05, 0) is 61.9 Å². The topological polar surface area (TPSA) is 102 Å². The minimum absolute atomic E-state index is 0.208. The average molecular weight is 505 g/mol. The van der Waals surface area contributed by atoms with E-state index in [-0.39, 0.29) is 17.4 Å². The quantitative estimate of drug-likeness (QED) is 0.458. The van der Waals surface area contributed by atoms with Gasteiger partial charge in [-0.1, -0.05) is 12.1 Å². The first-order valence-corrected chi connectivity index (χ1v) is 13.6. The highest BCUT2D eigenvalue weighted by Crippen LogP contribution is 2.38. The summed E-state index contributed by atoms with van der Waals surface area (Å²) in [6, 6.07) is 6.39. The van der Waals surface area contributed by atoms with Crippen LogP contribution in [0, 0.1) is 0 Å². The van der Waals surface area contributed by atoms with Gasteiger partial charge in [0.25, 0.3) is 0 Å². The van der Waals surface area contributed by atoms with Crippen LogP contribution in [-0.4, -0.2) is 57.5 Å². The van der Waals surface area contributed by atoms with E-state index in [1.54, 1.807) is 25.1 Å². The summed E-state index contributed by atoms with van der Waals surface area (Å²) < 4.78 is 37.3. The molecule has 1 saturated heterocycles. The Morgan fingerprint density at radius 3 is 2.56 bits per heavy atom. The molecule has 34 heavy (non-hydrogen) atoms. The number of sulfonamides is 1. The molecule has 0 atom stereocenters. The summed E-state index contributed by atoms with van der Waals surface area (Å²) in [6.45, 7) is 3.48. The maximum Gasteiger partial charge on any atom is 0.341 e. The van der Waals surface area contributed by atoms with E-state index < -0.39 is 16.0 Å². The third-order valence-electron chi connectivity index (χ3n) is 5.80. The number of aryl methyl sites for hydroxylation is 1. The summed E-state index contributed by atoms with van der Waals surface area (Å²) in [5, 5.41) is 3.35. The van der Waals surface area contributed by atoms with Crippen LogP contribution in [0.3, 0.4) is 0 Å². The summed E-state index contributed by atoms with van der Waals surface area (Å²) in [6.07, 6.45) is 6.78. The number of hydrogen-bond donors (Lipinski definition) is 1. The Morgan fingerprint density at radius 1 is 1.15 bits per heavy atom. The van der Waals surface area contributed by atoms with Gasteiger partial charge in [0.2, 0.25) is 15.9 Å². The van der Waals surface area contributed by atoms with E-state index in [0.29, 0.717) is 42.4 Å². The summed E-state index contributed by atoms with van der Waals surface area (Å²) >= 11 is 1.44. The predicted octanol–water partition coefficient (Wildman–Crippen LogP) is 3.48. The molecule has 2 heterocycles. The molecule has 0 radical (unpaired) electrons. The molecule has 2 aromatic rings. The van der Waals surface area contributed by atoms with Crippen molar-refractivity contribution < 1.29 is 27.5 Å². The van der Waals surface area contributed by atoms with Crippen LogP contribution in [0.25, 0.3) is 6.08 Å². The van der Waals surface area contributed by atoms with E-state index in [9.17, 15) is 18.0 Å². The van der Waals surface area contributed by atoms with Gasteiger partial charge >= 0.3 is 5.97 Å². The van der Waals surface area contributed by atoms with Crippen molar-refractivity contribution >= 4 is 44.3 Å². The predicted molar refractivity (Wildman–Crippen MR) is 131 cm³/mol. The van der Waals surface area contributed by atoms with Crippen molar-refractivity contribution in [1.82, 2.24) is 4.31 Å². The van der Waals surface area contributed by atoms with Crippen LogP contribution in [-0.2, 0) is 37.1 Å². The number of anilines is 1. The molecule has 1 fully saturated rings. The Bertz CT molecular complexity index is 1180. The second-order valence-corrected chi connectivity index (χ2v) is 11.1. The molecule has 1 amide bonds. The van der Waals surface area contributed by atoms with Gasteiger partial charge in [-0.25, -0.2) is 13.2 Å². The van der Waals surface area contributed by atoms with Crippen molar-refractivity contribution in [2.24, 2.45) is 0 Å². The number of nitrogens with zero attached hydrogens (tertiary/aromatic N) is 1. The number of thiophene rings is 1. The number of amides is 1. The van der Waals surface area contributed by atoms with Crippen molar-refractivity contribution in [2.75, 3.05) is 38.2 Å². The number of morpholine rings is 1. The van der Waals surface area contributed by atoms with E-state index in [2.05, 4.69) is 5.32 Å². The highest BCUT2D eigenvalue weighted by Gasteiger charge is 2.27. The van der Waals surface area contributed by atoms with E-state index in [1.165, 1.54) is 33.9 Å². The Kier molecular flexibility index (Phi) is 7.82. The van der Waals surface area contributed by atoms with Crippen LogP contribution in [0.5, 0.6) is 0 Å². The molecule has 10 heteroatoms. The lowest BCUT2D eigenvalue weighted by Gasteiger charge is -2.26. The first kappa shape index (κ1) is 24.6. The van der Waals surface area contributed by atoms with E-state index in [4.69, 9.17) is 9.47 Å². The number of hydrogen-bond acceptors (Lipinski definition) is 7. The third-order valence-corrected chi connectivity index (χ3v) is 8.92. The first-order valence-electron chi connectivity index (χ1n) is 11.4. The van der Waals surface area contributed by atoms with Gasteiger partial charge in [-0.2, -0.15) is 4.31 Å². The van der Waals surface area contributed by atoms with Crippen molar-refractivity contribution in [3.63, 3.8) is 0 Å². The van der Waals surface area contributed by atoms with Gasteiger partial charge in [-0.15, -0.1) is 11.3 Å². The third kappa shape index (κ3) is 5.41. The Balaban J connectivity index is 1.45. The fourth-order valence-corrected chi connectivity index (χ4v) is 6.77. The fraction of sp³-hybridized carbons (Fsp3) is 0.417. The van der Waals surface area contributed by atoms with Crippen molar-refractivity contribution in [3.8, 4) is 0 Å². The summed E-state index contributed by atoms with van der Waals surface area (Å²) in [7, 11) is -3.56. The lowest BCUT2D eigenvalue weighted by atomic mass is 9.95. The lowest BCUT2D eigenvalue weighted by Crippen LogP contribution is -2.40. The molecule has 8 nitrogen and oxygen atoms in total. The van der Waals surface area contributed by atoms with Gasteiger partial charge < -0.3 is 14.8 Å². The molecule has 0 spiro atoms. The van der Waals surface area contributed by atoms with Crippen molar-refractivity contribution in [3.05, 3.63) is 51.9 Å². The van der Waals surface area contributed by atoms with Crippen LogP contribution in [0.1, 0.15) is 46.1 Å². The molecule has 4 rings (SSSR count). The molecule has 1 aromatic heterocycles. The van der Waals surface area contributed by atoms with Crippen molar-refractivity contribution in [2.45, 2.75) is 37.5 Å². The largest absolute Gasteiger partial charge is 0.462 e. The highest BCUT2D eigenvalue weighted by atomic mass is 32.2. The van der Waals surface area contributed by atoms with Gasteiger partial charge in [0.05, 0.1) is 30.3 Å². The summed E-state index contributed by atoms with van der Waals surface area (Å²) in [5.74, 6) is -0.771. The van der Waals surface area contributed by atoms with Crippen molar-refractivity contribution in [1.29, 1.82) is 0 Å². The van der Waals surface area contributed by atoms with Crippen LogP contribution in [0.15, 0.2) is 35.2 Å². The molecular weight excluding hydrogens is 476 g/mol. The monoisotopic (exact) mass is 504 g/mol. The van der Waals surface area contributed by atoms with E-state index >= 15 is 0 Å². The fourth-order valence-electron chi connectivity index (χ4n) is 4.09. The standard InChI is InChI=1S/C24H28N2O6S2/c1-2-32-24(28)22-19-5-3-4-6-20(19)33-23(22)25-21(27)12-9-17-7-10-18(11-8-17)34(29,30)26-13-15-31-16-14-26/h7-12H,2-6,13-16H2,1H3,(H,25,27)/b12-9-. The number of carbonyl (C=O) groups excluding carboxylic acids is 2. The first-order chi connectivity index (χ1) is 16.4. The van der Waals surface area contributed by atoms with Gasteiger partial charge in [0, 0.05) is 24.0 Å². The van der Waals surface area contributed by atoms with Crippen LogP contribution in [0.4, 0.5) is 5.00 Å². The highest BCUT2D eigenvalue weighted by molar-refractivity contribution is 7.89. The Hall–Kier alpha value is -2.53. The molecule has 0 saturated carbocycles. The summed E-state index contributed by atoms with van der Waals surface area (Å²) in [5.41, 5.74) is 2.15. The van der Waals surface area contributed by atoms with E-state index in [0.717, 1.165) is 36.1 Å². The van der Waals surface area contributed by atoms with Crippen LogP contribution < -0.4 is 5.32 Å². The number of ether oxygens (including phenoxy) is 2. The Morgan fingerprint density at radius 2 is 1.85 bits per heavy atom. The zero-order valence-corrected chi connectivity index (χ0v) is 20.7. The number of esters is 1. The normalized spacial score (nSPS) is 16.9. The number of nitrogens with one attached hydrogen (secondary N) is 1. The lowest BCUT2D eigenvalue weighted by molar-refractivity contribution is -0.111. The van der Waals surface area contributed by atoms with Crippen LogP contribution >= 0.6 is 11.3 Å². The summed E-state index contributed by atoms with van der Waals surface area (Å²) in [4.78, 5) is 26.5. The van der Waals surface area contributed by atoms with Crippen LogP contribution in [0.2, 0.25) is 0 Å². The SMILES string of the molecule is CCOC(=O)c1c(NC(=O)/C=C\c2ccc(S(=O)(=O)N3CCOCC3)cc2)sc2c1CCCC2. The zero-order chi connectivity index (χ0) is 24.1. The molecular formula is C24H28N2O6S2. The maximum absolute atomic E-state index is 12.7. The average Bonchev–Trinajstić information content (AvgIpc) is 3.21. The minimum atomic E-state index is -3.56. The van der Waals surface area contributed by atoms with Gasteiger partial charge in [0.1, 0.15) is 5.00 Å². The molecule has 1 aliphatic heterocycles. The smallest absolute Gasteiger partial charge is 0.341 e. The number of carbonyl (C=O) groups is 2. The number of fused-ring (bicyclic) bond motifs is 1. The molecule has 1 aromatic carbocycles. The van der Waals surface area contributed by atoms with Gasteiger partial charge in [-0.3, -0.25) is 4.79 Å². The second-order valence-electron chi connectivity index (χ2n) is 8.04. The minimum Gasteiger partial charge on any atom is -0.462 e.